The van der Waals surface area contributed by atoms with Crippen LogP contribution in [0.25, 0.3) is 0 Å². The van der Waals surface area contributed by atoms with Gasteiger partial charge < -0.3 is 19.5 Å². The van der Waals surface area contributed by atoms with Crippen molar-refractivity contribution in [3.05, 3.63) is 23.9 Å². The number of methoxy groups -OCH3 is 1. The maximum atomic E-state index is 5.56. The molecule has 0 aromatic carbocycles. The summed E-state index contributed by atoms with van der Waals surface area (Å²) in [6.07, 6.45) is 2.67. The molecular formula is C13H22N2O3. The van der Waals surface area contributed by atoms with Gasteiger partial charge in [0.1, 0.15) is 5.82 Å². The van der Waals surface area contributed by atoms with Crippen LogP contribution in [0.15, 0.2) is 18.3 Å². The minimum Gasteiger partial charge on any atom is -0.382 e. The minimum absolute atomic E-state index is 0.606. The molecule has 1 aromatic rings. The van der Waals surface area contributed by atoms with Crippen molar-refractivity contribution in [2.75, 3.05) is 45.9 Å². The highest BCUT2D eigenvalue weighted by atomic mass is 16.5. The van der Waals surface area contributed by atoms with Crippen molar-refractivity contribution in [1.82, 2.24) is 4.98 Å². The summed E-state index contributed by atoms with van der Waals surface area (Å²) < 4.78 is 15.8. The van der Waals surface area contributed by atoms with Crippen molar-refractivity contribution in [2.45, 2.75) is 13.0 Å². The Balaban J connectivity index is 2.03. The van der Waals surface area contributed by atoms with Gasteiger partial charge in [0.2, 0.25) is 0 Å². The van der Waals surface area contributed by atoms with Gasteiger partial charge in [0.25, 0.3) is 0 Å². The van der Waals surface area contributed by atoms with E-state index in [-0.39, 0.29) is 0 Å². The Morgan fingerprint density at radius 1 is 1.17 bits per heavy atom. The third kappa shape index (κ3) is 6.54. The molecule has 1 heterocycles. The fourth-order valence-corrected chi connectivity index (χ4v) is 1.40. The molecule has 0 aliphatic heterocycles. The maximum absolute atomic E-state index is 5.56. The Morgan fingerprint density at radius 3 is 2.78 bits per heavy atom. The average molecular weight is 254 g/mol. The zero-order valence-corrected chi connectivity index (χ0v) is 11.1. The van der Waals surface area contributed by atoms with Crippen LogP contribution in [0.3, 0.4) is 0 Å². The number of nitrogens with zero attached hydrogens (tertiary/aromatic N) is 1. The SMILES string of the molecule is CNc1cc(COCCCOCCOC)ccn1. The smallest absolute Gasteiger partial charge is 0.125 e. The summed E-state index contributed by atoms with van der Waals surface area (Å²) in [5.41, 5.74) is 1.12. The van der Waals surface area contributed by atoms with Gasteiger partial charge in [-0.2, -0.15) is 0 Å². The number of aromatic nitrogens is 1. The van der Waals surface area contributed by atoms with Gasteiger partial charge in [0.05, 0.1) is 19.8 Å². The predicted molar refractivity (Wildman–Crippen MR) is 70.8 cm³/mol. The lowest BCUT2D eigenvalue weighted by atomic mass is 10.3. The topological polar surface area (TPSA) is 52.6 Å². The van der Waals surface area contributed by atoms with E-state index in [1.54, 1.807) is 13.3 Å². The molecule has 0 spiro atoms. The molecule has 0 radical (unpaired) electrons. The number of hydrogen-bond donors (Lipinski definition) is 1. The van der Waals surface area contributed by atoms with E-state index in [1.807, 2.05) is 19.2 Å². The van der Waals surface area contributed by atoms with Crippen LogP contribution in [0.4, 0.5) is 5.82 Å². The van der Waals surface area contributed by atoms with Gasteiger partial charge in [0, 0.05) is 33.6 Å². The highest BCUT2D eigenvalue weighted by Crippen LogP contribution is 2.07. The van der Waals surface area contributed by atoms with Crippen molar-refractivity contribution in [2.24, 2.45) is 0 Å². The molecule has 1 aromatic heterocycles. The third-order valence-corrected chi connectivity index (χ3v) is 2.36. The minimum atomic E-state index is 0.606. The van der Waals surface area contributed by atoms with Crippen LogP contribution >= 0.6 is 0 Å². The van der Waals surface area contributed by atoms with E-state index in [0.29, 0.717) is 33.0 Å². The first-order valence-electron chi connectivity index (χ1n) is 6.14. The fourth-order valence-electron chi connectivity index (χ4n) is 1.40. The number of pyridine rings is 1. The summed E-state index contributed by atoms with van der Waals surface area (Å²) in [6, 6.07) is 3.94. The first-order chi connectivity index (χ1) is 8.86. The van der Waals surface area contributed by atoms with Gasteiger partial charge in [-0.3, -0.25) is 0 Å². The number of hydrogen-bond acceptors (Lipinski definition) is 5. The number of ether oxygens (including phenoxy) is 3. The second-order valence-corrected chi connectivity index (χ2v) is 3.81. The molecule has 1 N–H and O–H groups in total. The maximum Gasteiger partial charge on any atom is 0.125 e. The van der Waals surface area contributed by atoms with Gasteiger partial charge in [-0.05, 0) is 24.1 Å². The summed E-state index contributed by atoms with van der Waals surface area (Å²) in [7, 11) is 3.52. The molecule has 0 fully saturated rings. The molecule has 18 heavy (non-hydrogen) atoms. The van der Waals surface area contributed by atoms with Crippen molar-refractivity contribution >= 4 is 5.82 Å². The molecule has 0 unspecified atom stereocenters. The highest BCUT2D eigenvalue weighted by Gasteiger charge is 1.96. The molecule has 0 aliphatic rings. The molecule has 5 nitrogen and oxygen atoms in total. The second kappa shape index (κ2) is 9.82. The van der Waals surface area contributed by atoms with Gasteiger partial charge in [-0.1, -0.05) is 0 Å². The van der Waals surface area contributed by atoms with Crippen molar-refractivity contribution in [3.63, 3.8) is 0 Å². The van der Waals surface area contributed by atoms with Crippen LogP contribution in [-0.4, -0.2) is 45.6 Å². The van der Waals surface area contributed by atoms with Crippen LogP contribution in [0.5, 0.6) is 0 Å². The lowest BCUT2D eigenvalue weighted by Crippen LogP contribution is -2.05. The summed E-state index contributed by atoms with van der Waals surface area (Å²) >= 11 is 0. The van der Waals surface area contributed by atoms with E-state index in [9.17, 15) is 0 Å². The van der Waals surface area contributed by atoms with Gasteiger partial charge in [-0.15, -0.1) is 0 Å². The standard InChI is InChI=1S/C13H22N2O3/c1-14-13-10-12(4-5-15-13)11-18-7-3-6-17-9-8-16-2/h4-5,10H,3,6-9,11H2,1-2H3,(H,14,15). The first-order valence-corrected chi connectivity index (χ1v) is 6.14. The van der Waals surface area contributed by atoms with Gasteiger partial charge >= 0.3 is 0 Å². The Labute approximate surface area is 108 Å². The summed E-state index contributed by atoms with van der Waals surface area (Å²) in [4.78, 5) is 4.15. The zero-order valence-electron chi connectivity index (χ0n) is 11.1. The normalized spacial score (nSPS) is 10.6. The van der Waals surface area contributed by atoms with Crippen LogP contribution < -0.4 is 5.32 Å². The second-order valence-electron chi connectivity index (χ2n) is 3.81. The molecule has 5 heteroatoms. The average Bonchev–Trinajstić information content (AvgIpc) is 2.42. The van der Waals surface area contributed by atoms with E-state index >= 15 is 0 Å². The highest BCUT2D eigenvalue weighted by molar-refractivity contribution is 5.36. The Hall–Kier alpha value is -1.17. The molecule has 0 bridgehead atoms. The van der Waals surface area contributed by atoms with Crippen LogP contribution in [0.2, 0.25) is 0 Å². The third-order valence-electron chi connectivity index (χ3n) is 2.36. The van der Waals surface area contributed by atoms with E-state index < -0.39 is 0 Å². The molecule has 0 saturated carbocycles. The van der Waals surface area contributed by atoms with E-state index in [1.165, 1.54) is 0 Å². The fraction of sp³-hybridized carbons (Fsp3) is 0.615. The van der Waals surface area contributed by atoms with Gasteiger partial charge in [-0.25, -0.2) is 4.98 Å². The molecule has 1 rings (SSSR count). The lowest BCUT2D eigenvalue weighted by Gasteiger charge is -2.06. The largest absolute Gasteiger partial charge is 0.382 e. The molecule has 0 atom stereocenters. The number of anilines is 1. The molecule has 0 aliphatic carbocycles. The van der Waals surface area contributed by atoms with Crippen LogP contribution in [-0.2, 0) is 20.8 Å². The van der Waals surface area contributed by atoms with Gasteiger partial charge in [0.15, 0.2) is 0 Å². The van der Waals surface area contributed by atoms with Crippen LogP contribution in [0, 0.1) is 0 Å². The first kappa shape index (κ1) is 14.9. The number of nitrogens with one attached hydrogen (secondary N) is 1. The van der Waals surface area contributed by atoms with Crippen LogP contribution in [0.1, 0.15) is 12.0 Å². The van der Waals surface area contributed by atoms with Crippen molar-refractivity contribution in [3.8, 4) is 0 Å². The van der Waals surface area contributed by atoms with Crippen molar-refractivity contribution < 1.29 is 14.2 Å². The lowest BCUT2D eigenvalue weighted by molar-refractivity contribution is 0.0483. The Bertz CT molecular complexity index is 321. The molecule has 0 amide bonds. The molecule has 0 saturated heterocycles. The quantitative estimate of drug-likeness (QED) is 0.644. The van der Waals surface area contributed by atoms with E-state index in [2.05, 4.69) is 10.3 Å². The molecular weight excluding hydrogens is 232 g/mol. The van der Waals surface area contributed by atoms with Crippen molar-refractivity contribution in [1.29, 1.82) is 0 Å². The summed E-state index contributed by atoms with van der Waals surface area (Å²) in [5, 5.41) is 3.00. The van der Waals surface area contributed by atoms with E-state index in [4.69, 9.17) is 14.2 Å². The monoisotopic (exact) mass is 254 g/mol. The zero-order chi connectivity index (χ0) is 13.1. The van der Waals surface area contributed by atoms with E-state index in [0.717, 1.165) is 17.8 Å². The molecule has 102 valence electrons. The summed E-state index contributed by atoms with van der Waals surface area (Å²) in [5.74, 6) is 0.860. The number of rotatable bonds is 10. The Kier molecular flexibility index (Phi) is 8.12. The predicted octanol–water partition coefficient (Wildman–Crippen LogP) is 1.69. The summed E-state index contributed by atoms with van der Waals surface area (Å²) in [6.45, 7) is 3.30. The Morgan fingerprint density at radius 2 is 2.00 bits per heavy atom.